The molecule has 0 aromatic heterocycles. The van der Waals surface area contributed by atoms with Gasteiger partial charge in [0.05, 0.1) is 22.1 Å². The Labute approximate surface area is 256 Å². The Morgan fingerprint density at radius 3 is 1.93 bits per heavy atom. The van der Waals surface area contributed by atoms with Gasteiger partial charge < -0.3 is 19.9 Å². The number of fused-ring (bicyclic) bond motifs is 1. The third-order valence-corrected chi connectivity index (χ3v) is 7.90. The number of anilines is 2. The van der Waals surface area contributed by atoms with Crippen LogP contribution in [0.1, 0.15) is 53.2 Å². The summed E-state index contributed by atoms with van der Waals surface area (Å²) in [5.74, 6) is -7.47. The quantitative estimate of drug-likeness (QED) is 0.285. The molecule has 0 radical (unpaired) electrons. The van der Waals surface area contributed by atoms with E-state index in [9.17, 15) is 29.1 Å². The lowest BCUT2D eigenvalue weighted by molar-refractivity contribution is -0.147. The van der Waals surface area contributed by atoms with Crippen molar-refractivity contribution < 1.29 is 38.6 Å². The Bertz CT molecular complexity index is 1630. The summed E-state index contributed by atoms with van der Waals surface area (Å²) < 4.78 is 11.4. The van der Waals surface area contributed by atoms with Crippen LogP contribution < -0.4 is 10.6 Å². The van der Waals surface area contributed by atoms with Crippen LogP contribution in [0, 0.1) is 11.8 Å². The zero-order valence-corrected chi connectivity index (χ0v) is 24.7. The van der Waals surface area contributed by atoms with Gasteiger partial charge in [-0.2, -0.15) is 0 Å². The van der Waals surface area contributed by atoms with Gasteiger partial charge in [-0.05, 0) is 62.7 Å². The normalized spacial score (nSPS) is 20.5. The summed E-state index contributed by atoms with van der Waals surface area (Å²) in [6.07, 6.45) is -2.02. The first-order chi connectivity index (χ1) is 20.2. The number of nitrogens with one attached hydrogen (secondary N) is 2. The highest BCUT2D eigenvalue weighted by Crippen LogP contribution is 2.54. The molecule has 2 amide bonds. The Hall–Kier alpha value is -4.25. The second-order valence-electron chi connectivity index (χ2n) is 11.2. The number of benzene rings is 3. The van der Waals surface area contributed by atoms with Crippen LogP contribution in [0.2, 0.25) is 10.0 Å². The van der Waals surface area contributed by atoms with Crippen molar-refractivity contribution in [2.75, 3.05) is 10.6 Å². The Balaban J connectivity index is 1.50. The number of ketones is 2. The highest BCUT2D eigenvalue weighted by molar-refractivity contribution is 6.42. The van der Waals surface area contributed by atoms with Gasteiger partial charge in [-0.1, -0.05) is 53.5 Å². The second kappa shape index (κ2) is 11.1. The molecule has 3 atom stereocenters. The maximum absolute atomic E-state index is 13.9. The van der Waals surface area contributed by atoms with Gasteiger partial charge in [0.15, 0.2) is 0 Å². The molecule has 1 aliphatic heterocycles. The largest absolute Gasteiger partial charge is 0.481 e. The van der Waals surface area contributed by atoms with Gasteiger partial charge in [-0.3, -0.25) is 24.5 Å². The van der Waals surface area contributed by atoms with Crippen molar-refractivity contribution in [3.63, 3.8) is 0 Å². The van der Waals surface area contributed by atoms with Crippen molar-refractivity contribution in [1.82, 2.24) is 0 Å². The summed E-state index contributed by atoms with van der Waals surface area (Å²) in [5.41, 5.74) is -2.26. The van der Waals surface area contributed by atoms with Crippen LogP contribution in [0.15, 0.2) is 66.7 Å². The molecule has 3 aromatic carbocycles. The first-order valence-electron chi connectivity index (χ1n) is 13.2. The first-order valence-corrected chi connectivity index (χ1v) is 13.9. The average Bonchev–Trinajstić information content (AvgIpc) is 3.40. The lowest BCUT2D eigenvalue weighted by Crippen LogP contribution is -2.52. The molecule has 1 fully saturated rings. The number of amides is 2. The molecular weight excluding hydrogens is 599 g/mol. The molecule has 222 valence electrons. The fourth-order valence-corrected chi connectivity index (χ4v) is 5.72. The van der Waals surface area contributed by atoms with E-state index in [1.54, 1.807) is 32.9 Å². The Kier molecular flexibility index (Phi) is 7.81. The number of aliphatic carboxylic acids is 1. The predicted molar refractivity (Wildman–Crippen MR) is 158 cm³/mol. The summed E-state index contributed by atoms with van der Waals surface area (Å²) in [6, 6.07) is 16.3. The van der Waals surface area contributed by atoms with Crippen molar-refractivity contribution in [3.05, 3.63) is 93.5 Å². The van der Waals surface area contributed by atoms with E-state index in [0.29, 0.717) is 5.69 Å². The van der Waals surface area contributed by atoms with Crippen molar-refractivity contribution in [2.24, 2.45) is 11.8 Å². The zero-order chi connectivity index (χ0) is 31.3. The second-order valence-corrected chi connectivity index (χ2v) is 12.0. The smallest absolute Gasteiger partial charge is 0.412 e. The summed E-state index contributed by atoms with van der Waals surface area (Å²) in [5, 5.41) is 16.0. The van der Waals surface area contributed by atoms with Crippen LogP contribution in [0.4, 0.5) is 16.2 Å². The molecule has 5 rings (SSSR count). The van der Waals surface area contributed by atoms with E-state index in [4.69, 9.17) is 32.7 Å². The van der Waals surface area contributed by atoms with Crippen molar-refractivity contribution in [1.29, 1.82) is 0 Å². The van der Waals surface area contributed by atoms with Gasteiger partial charge in [0.1, 0.15) is 11.5 Å². The zero-order valence-electron chi connectivity index (χ0n) is 23.1. The average molecular weight is 625 g/mol. The maximum Gasteiger partial charge on any atom is 0.412 e. The fourth-order valence-electron chi connectivity index (χ4n) is 5.41. The number of rotatable bonds is 5. The van der Waals surface area contributed by atoms with E-state index >= 15 is 0 Å². The van der Waals surface area contributed by atoms with Gasteiger partial charge in [0.25, 0.3) is 0 Å². The number of ether oxygens (including phenoxy) is 2. The molecule has 12 heteroatoms. The lowest BCUT2D eigenvalue weighted by atomic mass is 9.75. The highest BCUT2D eigenvalue weighted by Gasteiger charge is 2.71. The minimum Gasteiger partial charge on any atom is -0.481 e. The van der Waals surface area contributed by atoms with Crippen LogP contribution in [-0.4, -0.2) is 45.8 Å². The molecule has 3 aromatic rings. The molecule has 1 saturated heterocycles. The molecule has 0 bridgehead atoms. The van der Waals surface area contributed by atoms with Gasteiger partial charge in [0, 0.05) is 22.5 Å². The SMILES string of the molecule is CC(C)(C)OC(=O)Nc1ccc(NC(=O)C2C(c3ccc(Cl)c(Cl)c3)OC3(C(=O)c4ccccc4C3=O)C2C(=O)O)cc1. The third kappa shape index (κ3) is 5.49. The molecule has 0 saturated carbocycles. The Morgan fingerprint density at radius 1 is 0.860 bits per heavy atom. The Morgan fingerprint density at radius 2 is 1.42 bits per heavy atom. The van der Waals surface area contributed by atoms with Crippen molar-refractivity contribution in [2.45, 2.75) is 38.1 Å². The fraction of sp³-hybridized carbons (Fsp3) is 0.258. The van der Waals surface area contributed by atoms with E-state index in [1.165, 1.54) is 54.6 Å². The van der Waals surface area contributed by atoms with Gasteiger partial charge in [-0.15, -0.1) is 0 Å². The minimum absolute atomic E-state index is 0.0146. The van der Waals surface area contributed by atoms with Crippen molar-refractivity contribution >= 4 is 64.1 Å². The molecule has 3 N–H and O–H groups in total. The van der Waals surface area contributed by atoms with E-state index in [1.807, 2.05) is 0 Å². The molecule has 10 nitrogen and oxygen atoms in total. The van der Waals surface area contributed by atoms with Crippen LogP contribution in [0.5, 0.6) is 0 Å². The standard InChI is InChI=1S/C31H26Cl2N2O8/c1-30(2,3)43-29(41)35-17-11-9-16(10-12-17)34-27(38)22-23(28(39)40)31(25(36)18-6-4-5-7-19(18)26(31)37)42-24(22)15-8-13-20(32)21(33)14-15/h4-14,22-24H,1-3H3,(H,34,38)(H,35,41)(H,39,40). The molecule has 43 heavy (non-hydrogen) atoms. The van der Waals surface area contributed by atoms with Crippen LogP contribution in [0.3, 0.4) is 0 Å². The highest BCUT2D eigenvalue weighted by atomic mass is 35.5. The number of carboxylic acid groups (broad SMARTS) is 1. The number of carboxylic acids is 1. The van der Waals surface area contributed by atoms with E-state index in [0.717, 1.165) is 0 Å². The molecule has 1 spiro atoms. The van der Waals surface area contributed by atoms with Crippen LogP contribution in [0.25, 0.3) is 0 Å². The molecule has 3 unspecified atom stereocenters. The first kappa shape index (κ1) is 30.2. The predicted octanol–water partition coefficient (Wildman–Crippen LogP) is 6.19. The molecule has 1 heterocycles. The maximum atomic E-state index is 13.9. The van der Waals surface area contributed by atoms with E-state index in [-0.39, 0.29) is 32.4 Å². The number of hydrogen-bond donors (Lipinski definition) is 3. The number of Topliss-reactive ketones (excluding diaryl/α,β-unsaturated/α-hetero) is 2. The molecule has 2 aliphatic rings. The van der Waals surface area contributed by atoms with Gasteiger partial charge in [-0.25, -0.2) is 4.79 Å². The van der Waals surface area contributed by atoms with Crippen LogP contribution in [-0.2, 0) is 19.1 Å². The van der Waals surface area contributed by atoms with E-state index < -0.39 is 58.7 Å². The third-order valence-electron chi connectivity index (χ3n) is 7.17. The van der Waals surface area contributed by atoms with Crippen molar-refractivity contribution in [3.8, 4) is 0 Å². The van der Waals surface area contributed by atoms with Gasteiger partial charge >= 0.3 is 12.1 Å². The lowest BCUT2D eigenvalue weighted by Gasteiger charge is -2.25. The molecular formula is C31H26Cl2N2O8. The summed E-state index contributed by atoms with van der Waals surface area (Å²) in [7, 11) is 0. The number of carbonyl (C=O) groups excluding carboxylic acids is 4. The number of carbonyl (C=O) groups is 5. The number of hydrogen-bond acceptors (Lipinski definition) is 7. The number of halogens is 2. The minimum atomic E-state index is -2.48. The van der Waals surface area contributed by atoms with Crippen LogP contribution >= 0.6 is 23.2 Å². The summed E-state index contributed by atoms with van der Waals surface area (Å²) in [4.78, 5) is 66.3. The monoisotopic (exact) mass is 624 g/mol. The molecule has 1 aliphatic carbocycles. The topological polar surface area (TPSA) is 148 Å². The van der Waals surface area contributed by atoms with Gasteiger partial charge in [0.2, 0.25) is 23.1 Å². The summed E-state index contributed by atoms with van der Waals surface area (Å²) in [6.45, 7) is 5.18. The summed E-state index contributed by atoms with van der Waals surface area (Å²) >= 11 is 12.3. The van der Waals surface area contributed by atoms with E-state index in [2.05, 4.69) is 10.6 Å².